The van der Waals surface area contributed by atoms with Crippen LogP contribution in [0, 0.1) is 0 Å². The second-order valence-corrected chi connectivity index (χ2v) is 5.39. The molecule has 2 heteroatoms. The minimum atomic E-state index is 0.386. The fourth-order valence-electron chi connectivity index (χ4n) is 3.40. The summed E-state index contributed by atoms with van der Waals surface area (Å²) in [4.78, 5) is 2.71. The molecule has 0 radical (unpaired) electrons. The lowest BCUT2D eigenvalue weighted by atomic mass is 9.82. The van der Waals surface area contributed by atoms with Crippen LogP contribution in [0.25, 0.3) is 0 Å². The summed E-state index contributed by atoms with van der Waals surface area (Å²) in [5.41, 5.74) is 6.48. The summed E-state index contributed by atoms with van der Waals surface area (Å²) in [6.45, 7) is 3.49. The first kappa shape index (κ1) is 11.4. The van der Waals surface area contributed by atoms with E-state index >= 15 is 0 Å². The van der Waals surface area contributed by atoms with Crippen molar-refractivity contribution in [2.75, 3.05) is 19.6 Å². The van der Waals surface area contributed by atoms with Gasteiger partial charge in [-0.25, -0.2) is 0 Å². The van der Waals surface area contributed by atoms with Crippen LogP contribution in [0.1, 0.15) is 57.8 Å². The molecule has 1 saturated carbocycles. The molecule has 15 heavy (non-hydrogen) atoms. The Morgan fingerprint density at radius 3 is 1.87 bits per heavy atom. The van der Waals surface area contributed by atoms with E-state index in [2.05, 4.69) is 4.90 Å². The van der Waals surface area contributed by atoms with E-state index in [1.54, 1.807) is 0 Å². The summed E-state index contributed by atoms with van der Waals surface area (Å²) >= 11 is 0. The molecule has 1 aliphatic carbocycles. The maximum absolute atomic E-state index is 6.10. The number of likely N-dealkylation sites (tertiary alicyclic amines) is 1. The molecule has 0 spiro atoms. The van der Waals surface area contributed by atoms with E-state index in [0.29, 0.717) is 5.54 Å². The first-order valence-electron chi connectivity index (χ1n) is 6.82. The van der Waals surface area contributed by atoms with E-state index in [4.69, 9.17) is 5.73 Å². The minimum Gasteiger partial charge on any atom is -0.329 e. The quantitative estimate of drug-likeness (QED) is 0.759. The molecule has 1 saturated heterocycles. The van der Waals surface area contributed by atoms with Crippen molar-refractivity contribution < 1.29 is 0 Å². The molecule has 0 aromatic rings. The molecule has 2 N–H and O–H groups in total. The zero-order valence-electron chi connectivity index (χ0n) is 10.0. The van der Waals surface area contributed by atoms with Gasteiger partial charge in [-0.2, -0.15) is 0 Å². The minimum absolute atomic E-state index is 0.386. The Balaban J connectivity index is 2.02. The number of rotatable bonds is 2. The van der Waals surface area contributed by atoms with E-state index in [1.807, 2.05) is 0 Å². The molecule has 0 aromatic carbocycles. The van der Waals surface area contributed by atoms with Gasteiger partial charge in [0.2, 0.25) is 0 Å². The molecule has 2 fully saturated rings. The highest BCUT2D eigenvalue weighted by atomic mass is 15.2. The van der Waals surface area contributed by atoms with E-state index in [0.717, 1.165) is 6.54 Å². The average Bonchev–Trinajstić information content (AvgIpc) is 2.72. The van der Waals surface area contributed by atoms with Crippen LogP contribution in [-0.2, 0) is 0 Å². The Morgan fingerprint density at radius 1 is 0.800 bits per heavy atom. The summed E-state index contributed by atoms with van der Waals surface area (Å²) in [5, 5.41) is 0. The molecule has 2 rings (SSSR count). The number of hydrogen-bond donors (Lipinski definition) is 1. The molecule has 0 unspecified atom stereocenters. The lowest BCUT2D eigenvalue weighted by molar-refractivity contribution is 0.0919. The normalized spacial score (nSPS) is 28.6. The summed E-state index contributed by atoms with van der Waals surface area (Å²) < 4.78 is 0. The molecule has 1 heterocycles. The molecular weight excluding hydrogens is 184 g/mol. The number of nitrogens with two attached hydrogens (primary N) is 1. The van der Waals surface area contributed by atoms with Crippen molar-refractivity contribution in [3.05, 3.63) is 0 Å². The molecule has 88 valence electrons. The second kappa shape index (κ2) is 5.31. The highest BCUT2D eigenvalue weighted by molar-refractivity contribution is 4.94. The van der Waals surface area contributed by atoms with Gasteiger partial charge < -0.3 is 5.73 Å². The zero-order valence-corrected chi connectivity index (χ0v) is 10.0. The Morgan fingerprint density at radius 2 is 1.33 bits per heavy atom. The van der Waals surface area contributed by atoms with Crippen molar-refractivity contribution in [1.29, 1.82) is 0 Å². The molecule has 0 amide bonds. The predicted molar refractivity (Wildman–Crippen MR) is 64.9 cm³/mol. The Hall–Kier alpha value is -0.0800. The van der Waals surface area contributed by atoms with Crippen molar-refractivity contribution in [3.63, 3.8) is 0 Å². The monoisotopic (exact) mass is 210 g/mol. The highest BCUT2D eigenvalue weighted by Gasteiger charge is 2.36. The Bertz CT molecular complexity index is 177. The molecule has 0 aromatic heterocycles. The zero-order chi connectivity index (χ0) is 10.6. The van der Waals surface area contributed by atoms with Gasteiger partial charge in [0.1, 0.15) is 0 Å². The standard InChI is InChI=1S/C13H26N2/c14-12-13(15-10-6-7-11-15)8-4-2-1-3-5-9-13/h1-12,14H2. The predicted octanol–water partition coefficient (Wildman–Crippen LogP) is 2.52. The first-order chi connectivity index (χ1) is 7.37. The van der Waals surface area contributed by atoms with Crippen LogP contribution in [0.5, 0.6) is 0 Å². The van der Waals surface area contributed by atoms with E-state index in [9.17, 15) is 0 Å². The van der Waals surface area contributed by atoms with Gasteiger partial charge >= 0.3 is 0 Å². The lowest BCUT2D eigenvalue weighted by Crippen LogP contribution is -2.52. The van der Waals surface area contributed by atoms with Gasteiger partial charge in [-0.15, -0.1) is 0 Å². The lowest BCUT2D eigenvalue weighted by Gasteiger charge is -2.42. The van der Waals surface area contributed by atoms with Crippen molar-refractivity contribution in [2.45, 2.75) is 63.3 Å². The van der Waals surface area contributed by atoms with Crippen molar-refractivity contribution in [2.24, 2.45) is 5.73 Å². The molecular formula is C13H26N2. The fourth-order valence-corrected chi connectivity index (χ4v) is 3.40. The third-order valence-corrected chi connectivity index (χ3v) is 4.44. The second-order valence-electron chi connectivity index (χ2n) is 5.39. The van der Waals surface area contributed by atoms with Crippen LogP contribution < -0.4 is 5.73 Å². The van der Waals surface area contributed by atoms with Crippen LogP contribution in [0.3, 0.4) is 0 Å². The topological polar surface area (TPSA) is 29.3 Å². The summed E-state index contributed by atoms with van der Waals surface area (Å²) in [6, 6.07) is 0. The molecule has 0 bridgehead atoms. The SMILES string of the molecule is NCC1(N2CCCC2)CCCCCCC1. The summed E-state index contributed by atoms with van der Waals surface area (Å²) in [7, 11) is 0. The van der Waals surface area contributed by atoms with Crippen LogP contribution >= 0.6 is 0 Å². The van der Waals surface area contributed by atoms with Crippen LogP contribution in [0.4, 0.5) is 0 Å². The van der Waals surface area contributed by atoms with Gasteiger partial charge in [-0.05, 0) is 38.8 Å². The third-order valence-electron chi connectivity index (χ3n) is 4.44. The Labute approximate surface area is 94.2 Å². The van der Waals surface area contributed by atoms with E-state index in [-0.39, 0.29) is 0 Å². The van der Waals surface area contributed by atoms with Gasteiger partial charge in [0, 0.05) is 12.1 Å². The van der Waals surface area contributed by atoms with Gasteiger partial charge in [0.05, 0.1) is 0 Å². The summed E-state index contributed by atoms with van der Waals surface area (Å²) in [5.74, 6) is 0. The van der Waals surface area contributed by atoms with Gasteiger partial charge in [-0.3, -0.25) is 4.90 Å². The molecule has 2 aliphatic rings. The van der Waals surface area contributed by atoms with Crippen LogP contribution in [0.2, 0.25) is 0 Å². The van der Waals surface area contributed by atoms with Gasteiger partial charge in [0.25, 0.3) is 0 Å². The van der Waals surface area contributed by atoms with Crippen LogP contribution in [-0.4, -0.2) is 30.1 Å². The number of hydrogen-bond acceptors (Lipinski definition) is 2. The van der Waals surface area contributed by atoms with E-state index < -0.39 is 0 Å². The third kappa shape index (κ3) is 2.54. The number of nitrogens with zero attached hydrogens (tertiary/aromatic N) is 1. The molecule has 1 aliphatic heterocycles. The maximum atomic E-state index is 6.10. The summed E-state index contributed by atoms with van der Waals surface area (Å²) in [6.07, 6.45) is 12.6. The van der Waals surface area contributed by atoms with E-state index in [1.165, 1.54) is 70.9 Å². The highest BCUT2D eigenvalue weighted by Crippen LogP contribution is 2.33. The van der Waals surface area contributed by atoms with Crippen molar-refractivity contribution in [3.8, 4) is 0 Å². The van der Waals surface area contributed by atoms with Gasteiger partial charge in [0.15, 0.2) is 0 Å². The smallest absolute Gasteiger partial charge is 0.0331 e. The Kier molecular flexibility index (Phi) is 4.04. The van der Waals surface area contributed by atoms with Gasteiger partial charge in [-0.1, -0.05) is 32.1 Å². The maximum Gasteiger partial charge on any atom is 0.0331 e. The molecule has 0 atom stereocenters. The fraction of sp³-hybridized carbons (Fsp3) is 1.00. The average molecular weight is 210 g/mol. The molecule has 2 nitrogen and oxygen atoms in total. The van der Waals surface area contributed by atoms with Crippen molar-refractivity contribution >= 4 is 0 Å². The largest absolute Gasteiger partial charge is 0.329 e. The van der Waals surface area contributed by atoms with Crippen molar-refractivity contribution in [1.82, 2.24) is 4.90 Å². The van der Waals surface area contributed by atoms with Crippen LogP contribution in [0.15, 0.2) is 0 Å². The first-order valence-corrected chi connectivity index (χ1v) is 6.82.